The van der Waals surface area contributed by atoms with Gasteiger partial charge in [-0.25, -0.2) is 19.7 Å². The normalized spacial score (nSPS) is 10.6. The van der Waals surface area contributed by atoms with Crippen LogP contribution in [0.3, 0.4) is 0 Å². The lowest BCUT2D eigenvalue weighted by Crippen LogP contribution is -2.03. The largest absolute Gasteiger partial charge is 0.475 e. The molecule has 0 radical (unpaired) electrons. The Hall–Kier alpha value is -1.63. The molecule has 0 bridgehead atoms. The van der Waals surface area contributed by atoms with Crippen LogP contribution < -0.4 is 0 Å². The molecule has 0 unspecified atom stereocenters. The standard InChI is InChI=1S/C7H6N4O2S/c1-14-7-9-3-2-8-5(6(12)13)10-4(3)11-7/h2H,1H3,(H,12,13)(H,8,9,10,11). The Bertz CT molecular complexity index is 495. The van der Waals surface area contributed by atoms with Crippen LogP contribution in [0.2, 0.25) is 0 Å². The highest BCUT2D eigenvalue weighted by atomic mass is 32.2. The number of fused-ring (bicyclic) bond motifs is 1. The first kappa shape index (κ1) is 8.95. The molecule has 0 aliphatic carbocycles. The molecule has 0 atom stereocenters. The fourth-order valence-electron chi connectivity index (χ4n) is 0.985. The van der Waals surface area contributed by atoms with Gasteiger partial charge in [-0.1, -0.05) is 11.8 Å². The van der Waals surface area contributed by atoms with E-state index >= 15 is 0 Å². The van der Waals surface area contributed by atoms with Crippen molar-refractivity contribution in [3.8, 4) is 0 Å². The number of hydrogen-bond donors (Lipinski definition) is 2. The summed E-state index contributed by atoms with van der Waals surface area (Å²) in [5.41, 5.74) is 1.01. The van der Waals surface area contributed by atoms with Gasteiger partial charge in [0.15, 0.2) is 10.8 Å². The van der Waals surface area contributed by atoms with E-state index in [1.165, 1.54) is 18.0 Å². The number of aromatic amines is 1. The Labute approximate surface area is 82.8 Å². The fraction of sp³-hybridized carbons (Fsp3) is 0.143. The van der Waals surface area contributed by atoms with E-state index < -0.39 is 5.97 Å². The predicted octanol–water partition coefficient (Wildman–Crippen LogP) is 0.773. The molecule has 0 saturated heterocycles. The summed E-state index contributed by atoms with van der Waals surface area (Å²) in [6, 6.07) is 0. The van der Waals surface area contributed by atoms with Gasteiger partial charge in [0.25, 0.3) is 0 Å². The van der Waals surface area contributed by atoms with Crippen LogP contribution in [0.4, 0.5) is 0 Å². The van der Waals surface area contributed by atoms with Crippen LogP contribution in [-0.2, 0) is 0 Å². The zero-order valence-electron chi connectivity index (χ0n) is 7.18. The van der Waals surface area contributed by atoms with E-state index in [0.717, 1.165) is 0 Å². The summed E-state index contributed by atoms with van der Waals surface area (Å²) >= 11 is 1.43. The van der Waals surface area contributed by atoms with Gasteiger partial charge in [-0.15, -0.1) is 0 Å². The first-order chi connectivity index (χ1) is 6.70. The molecule has 2 aromatic heterocycles. The molecule has 0 aromatic carbocycles. The molecule has 7 heteroatoms. The summed E-state index contributed by atoms with van der Waals surface area (Å²) in [6.07, 6.45) is 3.28. The number of aromatic nitrogens is 4. The van der Waals surface area contributed by atoms with Crippen molar-refractivity contribution in [2.24, 2.45) is 0 Å². The van der Waals surface area contributed by atoms with Crippen molar-refractivity contribution in [2.75, 3.05) is 6.26 Å². The maximum Gasteiger partial charge on any atom is 0.374 e. The SMILES string of the molecule is CSc1nc2nc(C(=O)O)ncc2[nH]1. The van der Waals surface area contributed by atoms with Gasteiger partial charge in [-0.3, -0.25) is 0 Å². The number of carbonyl (C=O) groups is 1. The molecule has 2 heterocycles. The third-order valence-electron chi connectivity index (χ3n) is 1.60. The van der Waals surface area contributed by atoms with Crippen molar-refractivity contribution < 1.29 is 9.90 Å². The van der Waals surface area contributed by atoms with Gasteiger partial charge < -0.3 is 10.1 Å². The second kappa shape index (κ2) is 3.26. The van der Waals surface area contributed by atoms with Crippen LogP contribution in [0.1, 0.15) is 10.6 Å². The highest BCUT2D eigenvalue weighted by Crippen LogP contribution is 2.14. The number of rotatable bonds is 2. The molecule has 2 aromatic rings. The summed E-state index contributed by atoms with van der Waals surface area (Å²) in [6.45, 7) is 0. The monoisotopic (exact) mass is 210 g/mol. The number of nitrogens with zero attached hydrogens (tertiary/aromatic N) is 3. The minimum atomic E-state index is -1.15. The Morgan fingerprint density at radius 2 is 2.36 bits per heavy atom. The quantitative estimate of drug-likeness (QED) is 0.711. The molecule has 72 valence electrons. The topological polar surface area (TPSA) is 91.8 Å². The van der Waals surface area contributed by atoms with Crippen LogP contribution in [0, 0.1) is 0 Å². The molecule has 0 aliphatic rings. The number of hydrogen-bond acceptors (Lipinski definition) is 5. The van der Waals surface area contributed by atoms with E-state index in [4.69, 9.17) is 5.11 Å². The third-order valence-corrected chi connectivity index (χ3v) is 2.18. The summed E-state index contributed by atoms with van der Waals surface area (Å²) < 4.78 is 0. The molecule has 0 fully saturated rings. The lowest BCUT2D eigenvalue weighted by Gasteiger charge is -1.90. The van der Waals surface area contributed by atoms with Crippen molar-refractivity contribution in [3.63, 3.8) is 0 Å². The first-order valence-electron chi connectivity index (χ1n) is 3.71. The van der Waals surface area contributed by atoms with Gasteiger partial charge in [0, 0.05) is 0 Å². The van der Waals surface area contributed by atoms with E-state index in [1.54, 1.807) is 0 Å². The lowest BCUT2D eigenvalue weighted by molar-refractivity contribution is 0.0684. The van der Waals surface area contributed by atoms with Crippen molar-refractivity contribution in [3.05, 3.63) is 12.0 Å². The van der Waals surface area contributed by atoms with Crippen molar-refractivity contribution in [1.29, 1.82) is 0 Å². The summed E-state index contributed by atoms with van der Waals surface area (Å²) in [5.74, 6) is -1.39. The van der Waals surface area contributed by atoms with E-state index in [1.807, 2.05) is 6.26 Å². The maximum absolute atomic E-state index is 10.6. The van der Waals surface area contributed by atoms with Crippen LogP contribution in [0.25, 0.3) is 11.2 Å². The molecule has 0 aliphatic heterocycles. The number of nitrogens with one attached hydrogen (secondary N) is 1. The summed E-state index contributed by atoms with van der Waals surface area (Å²) in [7, 11) is 0. The van der Waals surface area contributed by atoms with Crippen LogP contribution in [0.15, 0.2) is 11.4 Å². The van der Waals surface area contributed by atoms with E-state index in [-0.39, 0.29) is 5.82 Å². The highest BCUT2D eigenvalue weighted by Gasteiger charge is 2.09. The average molecular weight is 210 g/mol. The number of imidazole rings is 1. The zero-order valence-corrected chi connectivity index (χ0v) is 8.00. The van der Waals surface area contributed by atoms with Crippen molar-refractivity contribution in [1.82, 2.24) is 19.9 Å². The number of H-pyrrole nitrogens is 1. The molecule has 0 saturated carbocycles. The number of thioether (sulfide) groups is 1. The zero-order chi connectivity index (χ0) is 10.1. The molecule has 2 N–H and O–H groups in total. The van der Waals surface area contributed by atoms with Gasteiger partial charge in [-0.05, 0) is 6.26 Å². The van der Waals surface area contributed by atoms with E-state index in [9.17, 15) is 4.79 Å². The van der Waals surface area contributed by atoms with Crippen molar-refractivity contribution >= 4 is 28.9 Å². The van der Waals surface area contributed by atoms with Crippen LogP contribution in [0.5, 0.6) is 0 Å². The van der Waals surface area contributed by atoms with Gasteiger partial charge in [0.2, 0.25) is 5.82 Å². The van der Waals surface area contributed by atoms with E-state index in [2.05, 4.69) is 19.9 Å². The Kier molecular flexibility index (Phi) is 2.08. The molecular formula is C7H6N4O2S. The predicted molar refractivity (Wildman–Crippen MR) is 50.4 cm³/mol. The number of carboxylic acid groups (broad SMARTS) is 1. The Balaban J connectivity index is 2.59. The fourth-order valence-corrected chi connectivity index (χ4v) is 1.38. The number of carboxylic acids is 1. The minimum absolute atomic E-state index is 0.239. The van der Waals surface area contributed by atoms with Crippen molar-refractivity contribution in [2.45, 2.75) is 5.16 Å². The van der Waals surface area contributed by atoms with Gasteiger partial charge in [0.1, 0.15) is 5.52 Å². The molecule has 2 rings (SSSR count). The maximum atomic E-state index is 10.6. The summed E-state index contributed by atoms with van der Waals surface area (Å²) in [4.78, 5) is 25.0. The third kappa shape index (κ3) is 1.41. The lowest BCUT2D eigenvalue weighted by atomic mass is 10.5. The average Bonchev–Trinajstić information content (AvgIpc) is 2.58. The smallest absolute Gasteiger partial charge is 0.374 e. The molecule has 14 heavy (non-hydrogen) atoms. The van der Waals surface area contributed by atoms with Gasteiger partial charge in [-0.2, -0.15) is 0 Å². The Morgan fingerprint density at radius 1 is 1.57 bits per heavy atom. The number of aromatic carboxylic acids is 1. The van der Waals surface area contributed by atoms with E-state index in [0.29, 0.717) is 16.3 Å². The Morgan fingerprint density at radius 3 is 3.00 bits per heavy atom. The second-order valence-electron chi connectivity index (χ2n) is 2.48. The van der Waals surface area contributed by atoms with Gasteiger partial charge >= 0.3 is 5.97 Å². The molecule has 0 amide bonds. The van der Waals surface area contributed by atoms with Crippen LogP contribution in [-0.4, -0.2) is 37.3 Å². The molecular weight excluding hydrogens is 204 g/mol. The minimum Gasteiger partial charge on any atom is -0.475 e. The molecule has 0 spiro atoms. The second-order valence-corrected chi connectivity index (χ2v) is 3.28. The van der Waals surface area contributed by atoms with Gasteiger partial charge in [0.05, 0.1) is 6.20 Å². The van der Waals surface area contributed by atoms with Crippen LogP contribution >= 0.6 is 11.8 Å². The summed E-state index contributed by atoms with van der Waals surface area (Å²) in [5, 5.41) is 9.33. The molecule has 6 nitrogen and oxygen atoms in total. The highest BCUT2D eigenvalue weighted by molar-refractivity contribution is 7.98. The first-order valence-corrected chi connectivity index (χ1v) is 4.93.